The number of benzene rings is 2. The van der Waals surface area contributed by atoms with Gasteiger partial charge in [-0.2, -0.15) is 4.98 Å². The van der Waals surface area contributed by atoms with Crippen LogP contribution in [0.2, 0.25) is 0 Å². The summed E-state index contributed by atoms with van der Waals surface area (Å²) < 4.78 is 24.1. The Morgan fingerprint density at radius 3 is 2.54 bits per heavy atom. The molecule has 0 aliphatic rings. The van der Waals surface area contributed by atoms with Gasteiger partial charge >= 0.3 is 0 Å². The van der Waals surface area contributed by atoms with E-state index >= 15 is 0 Å². The molecule has 1 heterocycles. The number of hydrogen-bond donors (Lipinski definition) is 0. The van der Waals surface area contributed by atoms with E-state index in [2.05, 4.69) is 10.1 Å². The molecule has 0 bridgehead atoms. The molecule has 0 saturated heterocycles. The second kappa shape index (κ2) is 7.23. The zero-order chi connectivity index (χ0) is 16.9. The van der Waals surface area contributed by atoms with Crippen molar-refractivity contribution < 1.29 is 13.7 Å². The summed E-state index contributed by atoms with van der Waals surface area (Å²) in [5, 5.41) is 3.99. The maximum Gasteiger partial charge on any atom is 0.257 e. The Labute approximate surface area is 139 Å². The van der Waals surface area contributed by atoms with Gasteiger partial charge in [-0.3, -0.25) is 4.90 Å². The van der Waals surface area contributed by atoms with Crippen LogP contribution < -0.4 is 4.74 Å². The van der Waals surface area contributed by atoms with E-state index in [1.165, 1.54) is 6.07 Å². The molecule has 0 amide bonds. The van der Waals surface area contributed by atoms with E-state index in [9.17, 15) is 4.39 Å². The lowest BCUT2D eigenvalue weighted by molar-refractivity contribution is 0.297. The Hall–Kier alpha value is -2.73. The number of rotatable bonds is 6. The van der Waals surface area contributed by atoms with Gasteiger partial charge in [0.1, 0.15) is 11.6 Å². The molecule has 0 atom stereocenters. The third-order valence-corrected chi connectivity index (χ3v) is 3.61. The molecule has 1 aromatic heterocycles. The molecule has 0 fully saturated rings. The molecule has 124 valence electrons. The van der Waals surface area contributed by atoms with E-state index < -0.39 is 0 Å². The van der Waals surface area contributed by atoms with Crippen LogP contribution in [-0.2, 0) is 13.1 Å². The molecule has 0 saturated carbocycles. The second-order valence-corrected chi connectivity index (χ2v) is 5.51. The van der Waals surface area contributed by atoms with Gasteiger partial charge in [0.05, 0.1) is 13.7 Å². The monoisotopic (exact) mass is 327 g/mol. The van der Waals surface area contributed by atoms with Gasteiger partial charge in [-0.25, -0.2) is 4.39 Å². The van der Waals surface area contributed by atoms with Gasteiger partial charge in [0.25, 0.3) is 5.89 Å². The first-order valence-corrected chi connectivity index (χ1v) is 7.54. The Bertz CT molecular complexity index is 802. The van der Waals surface area contributed by atoms with Crippen LogP contribution in [0.15, 0.2) is 53.1 Å². The van der Waals surface area contributed by atoms with E-state index in [-0.39, 0.29) is 5.82 Å². The van der Waals surface area contributed by atoms with Gasteiger partial charge in [0, 0.05) is 17.7 Å². The first-order valence-electron chi connectivity index (χ1n) is 7.54. The van der Waals surface area contributed by atoms with Crippen LogP contribution in [0, 0.1) is 5.82 Å². The van der Waals surface area contributed by atoms with Crippen LogP contribution in [0.3, 0.4) is 0 Å². The summed E-state index contributed by atoms with van der Waals surface area (Å²) in [6.07, 6.45) is 0. The summed E-state index contributed by atoms with van der Waals surface area (Å²) in [4.78, 5) is 6.32. The van der Waals surface area contributed by atoms with Crippen molar-refractivity contribution in [3.05, 3.63) is 65.7 Å². The van der Waals surface area contributed by atoms with Crippen LogP contribution in [0.25, 0.3) is 11.5 Å². The largest absolute Gasteiger partial charge is 0.497 e. The fraction of sp³-hybridized carbons (Fsp3) is 0.222. The molecule has 0 N–H and O–H groups in total. The number of hydrogen-bond acceptors (Lipinski definition) is 5. The van der Waals surface area contributed by atoms with E-state index in [4.69, 9.17) is 9.26 Å². The predicted octanol–water partition coefficient (Wildman–Crippen LogP) is 3.52. The van der Waals surface area contributed by atoms with Crippen molar-refractivity contribution in [1.29, 1.82) is 0 Å². The van der Waals surface area contributed by atoms with Crippen molar-refractivity contribution in [3.8, 4) is 17.2 Å². The van der Waals surface area contributed by atoms with Crippen LogP contribution in [-0.4, -0.2) is 29.2 Å². The average molecular weight is 327 g/mol. The molecular formula is C18H18FN3O2. The lowest BCUT2D eigenvalue weighted by Crippen LogP contribution is -2.18. The Morgan fingerprint density at radius 1 is 1.08 bits per heavy atom. The van der Waals surface area contributed by atoms with Crippen molar-refractivity contribution in [2.24, 2.45) is 0 Å². The van der Waals surface area contributed by atoms with E-state index in [0.29, 0.717) is 30.4 Å². The highest BCUT2D eigenvalue weighted by Crippen LogP contribution is 2.21. The van der Waals surface area contributed by atoms with Crippen LogP contribution in [0.5, 0.6) is 5.75 Å². The maximum absolute atomic E-state index is 13.7. The zero-order valence-electron chi connectivity index (χ0n) is 13.6. The topological polar surface area (TPSA) is 51.4 Å². The predicted molar refractivity (Wildman–Crippen MR) is 87.9 cm³/mol. The molecule has 0 aliphatic heterocycles. The van der Waals surface area contributed by atoms with E-state index in [1.54, 1.807) is 19.2 Å². The highest BCUT2D eigenvalue weighted by molar-refractivity contribution is 5.54. The molecule has 2 aromatic carbocycles. The highest BCUT2D eigenvalue weighted by Gasteiger charge is 2.12. The molecule has 0 unspecified atom stereocenters. The first-order chi connectivity index (χ1) is 11.7. The van der Waals surface area contributed by atoms with Gasteiger partial charge in [0.15, 0.2) is 5.82 Å². The number of methoxy groups -OCH3 is 1. The number of ether oxygens (including phenoxy) is 1. The minimum atomic E-state index is -0.212. The van der Waals surface area contributed by atoms with Gasteiger partial charge in [0.2, 0.25) is 0 Å². The summed E-state index contributed by atoms with van der Waals surface area (Å²) in [5.41, 5.74) is 1.46. The molecule has 6 heteroatoms. The fourth-order valence-corrected chi connectivity index (χ4v) is 2.38. The number of aromatic nitrogens is 2. The third-order valence-electron chi connectivity index (χ3n) is 3.61. The minimum absolute atomic E-state index is 0.212. The lowest BCUT2D eigenvalue weighted by Gasteiger charge is -2.14. The van der Waals surface area contributed by atoms with Crippen LogP contribution in [0.4, 0.5) is 4.39 Å². The van der Waals surface area contributed by atoms with Crippen molar-refractivity contribution in [1.82, 2.24) is 15.0 Å². The van der Waals surface area contributed by atoms with Gasteiger partial charge < -0.3 is 9.26 Å². The molecule has 5 nitrogen and oxygen atoms in total. The van der Waals surface area contributed by atoms with Crippen molar-refractivity contribution in [2.45, 2.75) is 13.1 Å². The normalized spacial score (nSPS) is 11.0. The standard InChI is InChI=1S/C18H18FN3O2/c1-22(11-14-5-3-4-6-16(14)19)12-17-20-18(24-21-17)13-7-9-15(23-2)10-8-13/h3-10H,11-12H2,1-2H3. The minimum Gasteiger partial charge on any atom is -0.497 e. The van der Waals surface area contributed by atoms with Crippen LogP contribution in [0.1, 0.15) is 11.4 Å². The van der Waals surface area contributed by atoms with Crippen molar-refractivity contribution >= 4 is 0 Å². The Balaban J connectivity index is 1.66. The van der Waals surface area contributed by atoms with Gasteiger partial charge in [-0.05, 0) is 37.4 Å². The summed E-state index contributed by atoms with van der Waals surface area (Å²) in [7, 11) is 3.50. The molecule has 0 spiro atoms. The lowest BCUT2D eigenvalue weighted by atomic mass is 10.2. The van der Waals surface area contributed by atoms with Gasteiger partial charge in [-0.1, -0.05) is 23.4 Å². The second-order valence-electron chi connectivity index (χ2n) is 5.51. The third kappa shape index (κ3) is 3.78. The maximum atomic E-state index is 13.7. The summed E-state index contributed by atoms with van der Waals surface area (Å²) in [6, 6.07) is 14.1. The summed E-state index contributed by atoms with van der Waals surface area (Å²) >= 11 is 0. The fourth-order valence-electron chi connectivity index (χ4n) is 2.38. The number of halogens is 1. The molecule has 3 rings (SSSR count). The van der Waals surface area contributed by atoms with E-state index in [0.717, 1.165) is 11.3 Å². The SMILES string of the molecule is COc1ccc(-c2nc(CN(C)Cc3ccccc3F)no2)cc1. The molecule has 0 aliphatic carbocycles. The average Bonchev–Trinajstić information content (AvgIpc) is 3.05. The molecule has 3 aromatic rings. The molecular weight excluding hydrogens is 309 g/mol. The van der Waals surface area contributed by atoms with Crippen molar-refractivity contribution in [3.63, 3.8) is 0 Å². The van der Waals surface area contributed by atoms with E-state index in [1.807, 2.05) is 42.3 Å². The van der Waals surface area contributed by atoms with Crippen molar-refractivity contribution in [2.75, 3.05) is 14.2 Å². The summed E-state index contributed by atoms with van der Waals surface area (Å²) in [5.74, 6) is 1.56. The Kier molecular flexibility index (Phi) is 4.86. The Morgan fingerprint density at radius 2 is 1.83 bits per heavy atom. The molecule has 0 radical (unpaired) electrons. The molecule has 24 heavy (non-hydrogen) atoms. The smallest absolute Gasteiger partial charge is 0.257 e. The first kappa shape index (κ1) is 16.1. The number of nitrogens with zero attached hydrogens (tertiary/aromatic N) is 3. The quantitative estimate of drug-likeness (QED) is 0.693. The highest BCUT2D eigenvalue weighted by atomic mass is 19.1. The summed E-state index contributed by atoms with van der Waals surface area (Å²) in [6.45, 7) is 0.938. The van der Waals surface area contributed by atoms with Crippen LogP contribution >= 0.6 is 0 Å². The zero-order valence-corrected chi connectivity index (χ0v) is 13.6. The van der Waals surface area contributed by atoms with Gasteiger partial charge in [-0.15, -0.1) is 0 Å².